The fourth-order valence-corrected chi connectivity index (χ4v) is 2.42. The van der Waals surface area contributed by atoms with Crippen LogP contribution in [-0.4, -0.2) is 37.0 Å². The lowest BCUT2D eigenvalue weighted by atomic mass is 10.1. The van der Waals surface area contributed by atoms with Gasteiger partial charge in [0.1, 0.15) is 5.82 Å². The largest absolute Gasteiger partial charge is 0.351 e. The summed E-state index contributed by atoms with van der Waals surface area (Å²) in [6, 6.07) is 6.43. The van der Waals surface area contributed by atoms with Crippen molar-refractivity contribution in [3.8, 4) is 0 Å². The third kappa shape index (κ3) is 5.61. The average Bonchev–Trinajstić information content (AvgIpc) is 3.23. The molecule has 0 saturated heterocycles. The van der Waals surface area contributed by atoms with Crippen molar-refractivity contribution in [3.05, 3.63) is 35.6 Å². The molecule has 2 rings (SSSR count). The van der Waals surface area contributed by atoms with Crippen LogP contribution < -0.4 is 11.1 Å². The number of rotatable bonds is 7. The zero-order chi connectivity index (χ0) is 14.5. The molecule has 118 valence electrons. The van der Waals surface area contributed by atoms with E-state index >= 15 is 0 Å². The highest BCUT2D eigenvalue weighted by atomic mass is 35.5. The topological polar surface area (TPSA) is 58.4 Å². The number of amides is 1. The summed E-state index contributed by atoms with van der Waals surface area (Å²) < 4.78 is 12.8. The number of benzene rings is 1. The molecule has 1 saturated carbocycles. The van der Waals surface area contributed by atoms with Crippen molar-refractivity contribution < 1.29 is 9.18 Å². The van der Waals surface area contributed by atoms with E-state index in [1.54, 1.807) is 12.1 Å². The molecule has 1 atom stereocenters. The van der Waals surface area contributed by atoms with Crippen LogP contribution in [0.5, 0.6) is 0 Å². The molecular formula is C15H23ClFN3O. The van der Waals surface area contributed by atoms with E-state index in [1.807, 2.05) is 11.9 Å². The zero-order valence-electron chi connectivity index (χ0n) is 12.2. The van der Waals surface area contributed by atoms with E-state index in [0.29, 0.717) is 31.6 Å². The molecule has 0 aliphatic heterocycles. The lowest BCUT2D eigenvalue weighted by molar-refractivity contribution is -0.122. The summed E-state index contributed by atoms with van der Waals surface area (Å²) in [4.78, 5) is 13.9. The van der Waals surface area contributed by atoms with E-state index in [9.17, 15) is 9.18 Å². The number of hydrogen-bond donors (Lipinski definition) is 2. The van der Waals surface area contributed by atoms with Crippen LogP contribution >= 0.6 is 12.4 Å². The fourth-order valence-electron chi connectivity index (χ4n) is 2.42. The van der Waals surface area contributed by atoms with Gasteiger partial charge in [0.2, 0.25) is 5.91 Å². The van der Waals surface area contributed by atoms with Crippen LogP contribution in [0, 0.1) is 11.7 Å². The number of likely N-dealkylation sites (N-methyl/N-ethyl adjacent to an activating group) is 1. The Labute approximate surface area is 131 Å². The predicted molar refractivity (Wildman–Crippen MR) is 83.7 cm³/mol. The molecule has 0 heterocycles. The molecule has 21 heavy (non-hydrogen) atoms. The minimum Gasteiger partial charge on any atom is -0.351 e. The van der Waals surface area contributed by atoms with Crippen molar-refractivity contribution in [1.29, 1.82) is 0 Å². The normalized spacial score (nSPS) is 15.4. The molecule has 1 aliphatic rings. The third-order valence-electron chi connectivity index (χ3n) is 3.77. The molecule has 1 aromatic carbocycles. The zero-order valence-corrected chi connectivity index (χ0v) is 13.0. The Kier molecular flexibility index (Phi) is 7.08. The first-order valence-electron chi connectivity index (χ1n) is 7.01. The Morgan fingerprint density at radius 2 is 2.05 bits per heavy atom. The molecule has 0 radical (unpaired) electrons. The van der Waals surface area contributed by atoms with Gasteiger partial charge in [-0.1, -0.05) is 12.1 Å². The highest BCUT2D eigenvalue weighted by Gasteiger charge is 2.33. The minimum atomic E-state index is -0.268. The van der Waals surface area contributed by atoms with E-state index < -0.39 is 0 Å². The second-order valence-corrected chi connectivity index (χ2v) is 5.46. The number of carbonyl (C=O) groups excluding carboxylic acids is 1. The summed E-state index contributed by atoms with van der Waals surface area (Å²) in [6.45, 7) is 1.36. The Bertz CT molecular complexity index is 451. The molecule has 1 aliphatic carbocycles. The maximum absolute atomic E-state index is 12.8. The molecule has 1 aromatic rings. The number of nitrogens with two attached hydrogens (primary N) is 1. The molecule has 1 fully saturated rings. The first-order valence-corrected chi connectivity index (χ1v) is 7.01. The van der Waals surface area contributed by atoms with Crippen molar-refractivity contribution in [2.75, 3.05) is 20.1 Å². The summed E-state index contributed by atoms with van der Waals surface area (Å²) in [6.07, 6.45) is 2.42. The van der Waals surface area contributed by atoms with E-state index in [4.69, 9.17) is 5.73 Å². The minimum absolute atomic E-state index is 0. The van der Waals surface area contributed by atoms with E-state index in [0.717, 1.165) is 5.56 Å². The standard InChI is InChI=1S/C15H22FN3O.ClH/c1-19(14(8-17)12-4-5-12)10-15(20)18-9-11-2-6-13(16)7-3-11;/h2-3,6-7,12,14H,4-5,8-10,17H2,1H3,(H,18,20);1H. The highest BCUT2D eigenvalue weighted by molar-refractivity contribution is 5.85. The van der Waals surface area contributed by atoms with Crippen LogP contribution in [0.3, 0.4) is 0 Å². The van der Waals surface area contributed by atoms with Gasteiger partial charge in [-0.15, -0.1) is 12.4 Å². The Morgan fingerprint density at radius 1 is 1.43 bits per heavy atom. The van der Waals surface area contributed by atoms with Crippen LogP contribution in [-0.2, 0) is 11.3 Å². The average molecular weight is 316 g/mol. The summed E-state index contributed by atoms with van der Waals surface area (Å²) in [5.74, 6) is 0.348. The predicted octanol–water partition coefficient (Wildman–Crippen LogP) is 1.53. The van der Waals surface area contributed by atoms with E-state index in [1.165, 1.54) is 25.0 Å². The molecule has 0 bridgehead atoms. The van der Waals surface area contributed by atoms with Crippen LogP contribution in [0.1, 0.15) is 18.4 Å². The lowest BCUT2D eigenvalue weighted by Crippen LogP contribution is -2.44. The van der Waals surface area contributed by atoms with Gasteiger partial charge in [-0.3, -0.25) is 9.69 Å². The van der Waals surface area contributed by atoms with Crippen molar-refractivity contribution in [3.63, 3.8) is 0 Å². The quantitative estimate of drug-likeness (QED) is 0.802. The summed E-state index contributed by atoms with van der Waals surface area (Å²) >= 11 is 0. The number of nitrogens with one attached hydrogen (secondary N) is 1. The van der Waals surface area contributed by atoms with Gasteiger partial charge in [-0.05, 0) is 43.5 Å². The number of nitrogens with zero attached hydrogens (tertiary/aromatic N) is 1. The first-order chi connectivity index (χ1) is 9.60. The Balaban J connectivity index is 0.00000220. The monoisotopic (exact) mass is 315 g/mol. The maximum atomic E-state index is 12.8. The molecule has 6 heteroatoms. The van der Waals surface area contributed by atoms with Crippen molar-refractivity contribution in [1.82, 2.24) is 10.2 Å². The van der Waals surface area contributed by atoms with Gasteiger partial charge in [0.05, 0.1) is 6.54 Å². The van der Waals surface area contributed by atoms with Crippen LogP contribution in [0.15, 0.2) is 24.3 Å². The highest BCUT2D eigenvalue weighted by Crippen LogP contribution is 2.34. The van der Waals surface area contributed by atoms with Crippen molar-refractivity contribution in [2.45, 2.75) is 25.4 Å². The summed E-state index contributed by atoms with van der Waals surface area (Å²) in [7, 11) is 1.94. The van der Waals surface area contributed by atoms with E-state index in [-0.39, 0.29) is 24.1 Å². The second-order valence-electron chi connectivity index (χ2n) is 5.46. The molecule has 3 N–H and O–H groups in total. The Hall–Kier alpha value is -1.17. The van der Waals surface area contributed by atoms with Gasteiger partial charge < -0.3 is 11.1 Å². The van der Waals surface area contributed by atoms with Crippen LogP contribution in [0.4, 0.5) is 4.39 Å². The second kappa shape index (κ2) is 8.32. The van der Waals surface area contributed by atoms with Gasteiger partial charge in [0.15, 0.2) is 0 Å². The van der Waals surface area contributed by atoms with Crippen molar-refractivity contribution >= 4 is 18.3 Å². The fraction of sp³-hybridized carbons (Fsp3) is 0.533. The number of halogens is 2. The molecule has 0 spiro atoms. The van der Waals surface area contributed by atoms with Gasteiger partial charge in [-0.2, -0.15) is 0 Å². The third-order valence-corrected chi connectivity index (χ3v) is 3.77. The SMILES string of the molecule is CN(CC(=O)NCc1ccc(F)cc1)C(CN)C1CC1.Cl. The smallest absolute Gasteiger partial charge is 0.234 e. The molecule has 1 amide bonds. The van der Waals surface area contributed by atoms with Gasteiger partial charge >= 0.3 is 0 Å². The number of carbonyl (C=O) groups is 1. The molecule has 0 aromatic heterocycles. The van der Waals surface area contributed by atoms with Crippen LogP contribution in [0.25, 0.3) is 0 Å². The van der Waals surface area contributed by atoms with Crippen molar-refractivity contribution in [2.24, 2.45) is 11.7 Å². The maximum Gasteiger partial charge on any atom is 0.234 e. The van der Waals surface area contributed by atoms with E-state index in [2.05, 4.69) is 5.32 Å². The van der Waals surface area contributed by atoms with Gasteiger partial charge in [0, 0.05) is 19.1 Å². The molecule has 4 nitrogen and oxygen atoms in total. The summed E-state index contributed by atoms with van der Waals surface area (Å²) in [5, 5.41) is 2.84. The lowest BCUT2D eigenvalue weighted by Gasteiger charge is -2.26. The summed E-state index contributed by atoms with van der Waals surface area (Å²) in [5.41, 5.74) is 6.65. The van der Waals surface area contributed by atoms with Gasteiger partial charge in [0.25, 0.3) is 0 Å². The Morgan fingerprint density at radius 3 is 2.57 bits per heavy atom. The molecular weight excluding hydrogens is 293 g/mol. The number of hydrogen-bond acceptors (Lipinski definition) is 3. The van der Waals surface area contributed by atoms with Crippen LogP contribution in [0.2, 0.25) is 0 Å². The van der Waals surface area contributed by atoms with Gasteiger partial charge in [-0.25, -0.2) is 4.39 Å². The molecule has 1 unspecified atom stereocenters. The first kappa shape index (κ1) is 17.9.